The van der Waals surface area contributed by atoms with Gasteiger partial charge in [0.2, 0.25) is 5.78 Å². The van der Waals surface area contributed by atoms with E-state index in [-0.39, 0.29) is 21.6 Å². The number of phenolic OH excluding ortho intramolecular Hbond substituents is 1. The molecule has 0 saturated heterocycles. The number of halogens is 3. The zero-order chi connectivity index (χ0) is 16.6. The summed E-state index contributed by atoms with van der Waals surface area (Å²) in [6, 6.07) is 13.6. The maximum atomic E-state index is 12.5. The number of rotatable bonds is 3. The lowest BCUT2D eigenvalue weighted by atomic mass is 10.1. The molecule has 0 fully saturated rings. The number of thiophene rings is 1. The summed E-state index contributed by atoms with van der Waals surface area (Å²) in [5.74, 6) is -0.222. The van der Waals surface area contributed by atoms with Crippen molar-refractivity contribution in [3.63, 3.8) is 0 Å². The Morgan fingerprint density at radius 2 is 1.52 bits per heavy atom. The Bertz CT molecular complexity index is 862. The van der Waals surface area contributed by atoms with Crippen molar-refractivity contribution in [3.8, 4) is 16.2 Å². The van der Waals surface area contributed by atoms with Gasteiger partial charge >= 0.3 is 0 Å². The first-order valence-corrected chi connectivity index (χ1v) is 8.49. The summed E-state index contributed by atoms with van der Waals surface area (Å²) in [5.41, 5.74) is 1.32. The normalized spacial score (nSPS) is 10.7. The van der Waals surface area contributed by atoms with Gasteiger partial charge in [-0.25, -0.2) is 0 Å². The van der Waals surface area contributed by atoms with Crippen molar-refractivity contribution in [3.05, 3.63) is 74.0 Å². The molecule has 0 aliphatic heterocycles. The average Bonchev–Trinajstić information content (AvgIpc) is 3.02. The van der Waals surface area contributed by atoms with Gasteiger partial charge in [0.25, 0.3) is 0 Å². The second kappa shape index (κ2) is 6.54. The number of benzene rings is 2. The molecule has 6 heteroatoms. The summed E-state index contributed by atoms with van der Waals surface area (Å²) in [7, 11) is 0. The molecule has 0 atom stereocenters. The van der Waals surface area contributed by atoms with Gasteiger partial charge < -0.3 is 5.11 Å². The molecule has 116 valence electrons. The fraction of sp³-hybridized carbons (Fsp3) is 0. The Hall–Kier alpha value is -1.52. The van der Waals surface area contributed by atoms with Crippen LogP contribution in [0.15, 0.2) is 48.5 Å². The van der Waals surface area contributed by atoms with E-state index in [1.54, 1.807) is 42.5 Å². The lowest BCUT2D eigenvalue weighted by Crippen LogP contribution is -1.97. The van der Waals surface area contributed by atoms with Gasteiger partial charge in [0, 0.05) is 15.5 Å². The fourth-order valence-corrected chi connectivity index (χ4v) is 3.63. The third kappa shape index (κ3) is 3.38. The van der Waals surface area contributed by atoms with Crippen LogP contribution in [0.5, 0.6) is 5.75 Å². The second-order valence-electron chi connectivity index (χ2n) is 4.79. The molecular formula is C17H9Cl3O2S. The van der Waals surface area contributed by atoms with Crippen molar-refractivity contribution in [2.45, 2.75) is 0 Å². The van der Waals surface area contributed by atoms with Gasteiger partial charge in [0.05, 0.1) is 14.9 Å². The minimum atomic E-state index is -0.147. The molecule has 1 N–H and O–H groups in total. The quantitative estimate of drug-likeness (QED) is 0.538. The van der Waals surface area contributed by atoms with Crippen LogP contribution in [0.4, 0.5) is 0 Å². The molecule has 0 spiro atoms. The Kier molecular flexibility index (Phi) is 4.64. The van der Waals surface area contributed by atoms with E-state index in [1.807, 2.05) is 6.07 Å². The molecule has 2 nitrogen and oxygen atoms in total. The van der Waals surface area contributed by atoms with Crippen molar-refractivity contribution >= 4 is 51.9 Å². The van der Waals surface area contributed by atoms with E-state index < -0.39 is 0 Å². The Balaban J connectivity index is 1.94. The topological polar surface area (TPSA) is 37.3 Å². The summed E-state index contributed by atoms with van der Waals surface area (Å²) in [6.45, 7) is 0. The van der Waals surface area contributed by atoms with Crippen LogP contribution in [0.3, 0.4) is 0 Å². The third-order valence-corrected chi connectivity index (χ3v) is 5.20. The van der Waals surface area contributed by atoms with Gasteiger partial charge in [0.1, 0.15) is 0 Å². The predicted octanol–water partition coefficient (Wildman–Crippen LogP) is 6.31. The van der Waals surface area contributed by atoms with Crippen LogP contribution in [0.1, 0.15) is 15.2 Å². The number of phenols is 1. The van der Waals surface area contributed by atoms with Crippen molar-refractivity contribution in [1.82, 2.24) is 0 Å². The first-order valence-electron chi connectivity index (χ1n) is 6.54. The van der Waals surface area contributed by atoms with Gasteiger partial charge in [-0.2, -0.15) is 0 Å². The van der Waals surface area contributed by atoms with Crippen LogP contribution < -0.4 is 0 Å². The Morgan fingerprint density at radius 1 is 0.913 bits per heavy atom. The molecule has 2 aromatic carbocycles. The van der Waals surface area contributed by atoms with Gasteiger partial charge in [-0.15, -0.1) is 11.3 Å². The highest BCUT2D eigenvalue weighted by atomic mass is 35.5. The van der Waals surface area contributed by atoms with E-state index in [0.717, 1.165) is 10.4 Å². The van der Waals surface area contributed by atoms with E-state index in [2.05, 4.69) is 0 Å². The highest BCUT2D eigenvalue weighted by Gasteiger charge is 2.14. The third-order valence-electron chi connectivity index (χ3n) is 3.24. The van der Waals surface area contributed by atoms with Crippen LogP contribution in [0.2, 0.25) is 15.1 Å². The molecule has 0 saturated carbocycles. The van der Waals surface area contributed by atoms with Crippen LogP contribution >= 0.6 is 46.1 Å². The first kappa shape index (κ1) is 16.3. The summed E-state index contributed by atoms with van der Waals surface area (Å²) in [4.78, 5) is 13.9. The highest BCUT2D eigenvalue weighted by Crippen LogP contribution is 2.38. The standard InChI is InChI=1S/C17H9Cl3O2S/c18-11-3-1-9(2-4-11)16(21)15-6-5-14(23-15)10-7-12(19)17(22)13(20)8-10/h1-8,22H. The van der Waals surface area contributed by atoms with Crippen LogP contribution in [-0.4, -0.2) is 10.9 Å². The Labute approximate surface area is 151 Å². The molecule has 1 aromatic heterocycles. The van der Waals surface area contributed by atoms with E-state index in [4.69, 9.17) is 34.8 Å². The molecule has 0 unspecified atom stereocenters. The van der Waals surface area contributed by atoms with E-state index in [1.165, 1.54) is 11.3 Å². The molecular weight excluding hydrogens is 375 g/mol. The van der Waals surface area contributed by atoms with E-state index >= 15 is 0 Å². The number of aromatic hydroxyl groups is 1. The summed E-state index contributed by atoms with van der Waals surface area (Å²) >= 11 is 19.0. The molecule has 0 aliphatic rings. The van der Waals surface area contributed by atoms with Gasteiger partial charge in [0.15, 0.2) is 5.75 Å². The SMILES string of the molecule is O=C(c1ccc(Cl)cc1)c1ccc(-c2cc(Cl)c(O)c(Cl)c2)s1. The Morgan fingerprint density at radius 3 is 2.13 bits per heavy atom. The molecule has 0 aliphatic carbocycles. The van der Waals surface area contributed by atoms with Crippen molar-refractivity contribution in [2.24, 2.45) is 0 Å². The molecule has 0 bridgehead atoms. The van der Waals surface area contributed by atoms with Gasteiger partial charge in [-0.05, 0) is 54.1 Å². The zero-order valence-corrected chi connectivity index (χ0v) is 14.6. The van der Waals surface area contributed by atoms with Crippen LogP contribution in [-0.2, 0) is 0 Å². The largest absolute Gasteiger partial charge is 0.505 e. The fourth-order valence-electron chi connectivity index (χ4n) is 2.07. The number of ketones is 1. The summed E-state index contributed by atoms with van der Waals surface area (Å²) in [6.07, 6.45) is 0. The highest BCUT2D eigenvalue weighted by molar-refractivity contribution is 7.17. The van der Waals surface area contributed by atoms with Crippen molar-refractivity contribution in [2.75, 3.05) is 0 Å². The van der Waals surface area contributed by atoms with Crippen molar-refractivity contribution in [1.29, 1.82) is 0 Å². The summed E-state index contributed by atoms with van der Waals surface area (Å²) in [5, 5.41) is 10.5. The molecule has 23 heavy (non-hydrogen) atoms. The molecule has 0 radical (unpaired) electrons. The molecule has 3 rings (SSSR count). The zero-order valence-electron chi connectivity index (χ0n) is 11.5. The maximum absolute atomic E-state index is 12.5. The number of hydrogen-bond donors (Lipinski definition) is 1. The monoisotopic (exact) mass is 382 g/mol. The van der Waals surface area contributed by atoms with Crippen LogP contribution in [0.25, 0.3) is 10.4 Å². The van der Waals surface area contributed by atoms with Crippen molar-refractivity contribution < 1.29 is 9.90 Å². The number of carbonyl (C=O) groups is 1. The van der Waals surface area contributed by atoms with Gasteiger partial charge in [-0.1, -0.05) is 34.8 Å². The van der Waals surface area contributed by atoms with Gasteiger partial charge in [-0.3, -0.25) is 4.79 Å². The molecule has 0 amide bonds. The summed E-state index contributed by atoms with van der Waals surface area (Å²) < 4.78 is 0. The lowest BCUT2D eigenvalue weighted by Gasteiger charge is -2.03. The first-order chi connectivity index (χ1) is 11.0. The lowest BCUT2D eigenvalue weighted by molar-refractivity contribution is 0.104. The molecule has 1 heterocycles. The van der Waals surface area contributed by atoms with E-state index in [0.29, 0.717) is 15.5 Å². The minimum absolute atomic E-state index is 0.0751. The molecule has 3 aromatic rings. The average molecular weight is 384 g/mol. The maximum Gasteiger partial charge on any atom is 0.202 e. The second-order valence-corrected chi connectivity index (χ2v) is 7.12. The smallest absolute Gasteiger partial charge is 0.202 e. The van der Waals surface area contributed by atoms with E-state index in [9.17, 15) is 9.90 Å². The number of hydrogen-bond acceptors (Lipinski definition) is 3. The predicted molar refractivity (Wildman–Crippen MR) is 96.3 cm³/mol. The minimum Gasteiger partial charge on any atom is -0.505 e. The van der Waals surface area contributed by atoms with Crippen LogP contribution in [0, 0.1) is 0 Å². The number of carbonyl (C=O) groups excluding carboxylic acids is 1.